The van der Waals surface area contributed by atoms with Gasteiger partial charge in [-0.25, -0.2) is 4.98 Å². The molecule has 1 aliphatic rings. The van der Waals surface area contributed by atoms with Gasteiger partial charge in [-0.2, -0.15) is 0 Å². The van der Waals surface area contributed by atoms with Crippen LogP contribution in [0.4, 0.5) is 5.69 Å². The Bertz CT molecular complexity index is 982. The fraction of sp³-hybridized carbons (Fsp3) is 0.211. The molecule has 0 saturated carbocycles. The topological polar surface area (TPSA) is 87.9 Å². The van der Waals surface area contributed by atoms with Crippen molar-refractivity contribution in [3.63, 3.8) is 0 Å². The molecular weight excluding hydrogens is 394 g/mol. The van der Waals surface area contributed by atoms with E-state index in [4.69, 9.17) is 5.73 Å². The summed E-state index contributed by atoms with van der Waals surface area (Å²) in [5, 5.41) is 0. The van der Waals surface area contributed by atoms with Crippen molar-refractivity contribution in [2.75, 3.05) is 12.3 Å². The van der Waals surface area contributed by atoms with Gasteiger partial charge in [-0.1, -0.05) is 0 Å². The molecule has 2 aromatic heterocycles. The van der Waals surface area contributed by atoms with Gasteiger partial charge >= 0.3 is 0 Å². The van der Waals surface area contributed by atoms with Crippen LogP contribution in [0.2, 0.25) is 0 Å². The zero-order valence-corrected chi connectivity index (χ0v) is 15.7. The van der Waals surface area contributed by atoms with Gasteiger partial charge in [0, 0.05) is 48.0 Å². The van der Waals surface area contributed by atoms with Crippen molar-refractivity contribution in [1.82, 2.24) is 19.9 Å². The maximum Gasteiger partial charge on any atom is 0.255 e. The number of aromatic amines is 1. The highest BCUT2D eigenvalue weighted by Gasteiger charge is 2.21. The number of fused-ring (bicyclic) bond motifs is 1. The zero-order valence-electron chi connectivity index (χ0n) is 14.1. The lowest BCUT2D eigenvalue weighted by molar-refractivity contribution is 0.239. The van der Waals surface area contributed by atoms with Gasteiger partial charge in [-0.15, -0.1) is 0 Å². The molecule has 1 aliphatic heterocycles. The van der Waals surface area contributed by atoms with Gasteiger partial charge in [-0.3, -0.25) is 14.7 Å². The summed E-state index contributed by atoms with van der Waals surface area (Å²) < 4.78 is 0.959. The molecule has 0 atom stereocenters. The van der Waals surface area contributed by atoms with Gasteiger partial charge in [0.1, 0.15) is 5.82 Å². The van der Waals surface area contributed by atoms with Crippen molar-refractivity contribution in [3.8, 4) is 11.4 Å². The molecule has 0 saturated heterocycles. The Morgan fingerprint density at radius 1 is 1.19 bits per heavy atom. The molecule has 0 aliphatic carbocycles. The van der Waals surface area contributed by atoms with E-state index in [2.05, 4.69) is 35.8 Å². The third kappa shape index (κ3) is 3.54. The molecule has 0 radical (unpaired) electrons. The number of pyridine rings is 1. The molecule has 0 bridgehead atoms. The molecule has 6 nitrogen and oxygen atoms in total. The number of nitrogens with two attached hydrogens (primary N) is 1. The quantitative estimate of drug-likeness (QED) is 0.646. The van der Waals surface area contributed by atoms with Crippen LogP contribution in [0.5, 0.6) is 0 Å². The average molecular weight is 412 g/mol. The first-order valence-electron chi connectivity index (χ1n) is 8.39. The van der Waals surface area contributed by atoms with Gasteiger partial charge in [-0.05, 0) is 52.3 Å². The second kappa shape index (κ2) is 7.01. The summed E-state index contributed by atoms with van der Waals surface area (Å²) in [7, 11) is 0. The number of aromatic nitrogens is 3. The minimum absolute atomic E-state index is 0.0738. The Morgan fingerprint density at radius 2 is 2.00 bits per heavy atom. The van der Waals surface area contributed by atoms with Crippen LogP contribution in [-0.4, -0.2) is 26.4 Å². The summed E-state index contributed by atoms with van der Waals surface area (Å²) in [6.07, 6.45) is 2.54. The number of nitrogen functional groups attached to an aromatic ring is 1. The minimum atomic E-state index is -0.0738. The summed E-state index contributed by atoms with van der Waals surface area (Å²) in [5.74, 6) is 0.594. The number of benzene rings is 1. The summed E-state index contributed by atoms with van der Waals surface area (Å²) >= 11 is 3.39. The van der Waals surface area contributed by atoms with E-state index < -0.39 is 0 Å². The van der Waals surface area contributed by atoms with Crippen molar-refractivity contribution in [1.29, 1.82) is 0 Å². The normalized spacial score (nSPS) is 14.2. The van der Waals surface area contributed by atoms with Crippen molar-refractivity contribution >= 4 is 21.6 Å². The maximum atomic E-state index is 12.6. The van der Waals surface area contributed by atoms with E-state index >= 15 is 0 Å². The predicted molar refractivity (Wildman–Crippen MR) is 104 cm³/mol. The second-order valence-electron chi connectivity index (χ2n) is 6.39. The molecule has 0 spiro atoms. The molecule has 132 valence electrons. The third-order valence-electron chi connectivity index (χ3n) is 4.51. The largest absolute Gasteiger partial charge is 0.399 e. The first-order chi connectivity index (χ1) is 12.6. The van der Waals surface area contributed by atoms with Crippen LogP contribution >= 0.6 is 15.9 Å². The van der Waals surface area contributed by atoms with E-state index in [0.29, 0.717) is 24.6 Å². The molecule has 3 aromatic rings. The number of nitrogens with one attached hydrogen (secondary N) is 1. The average Bonchev–Trinajstić information content (AvgIpc) is 2.64. The van der Waals surface area contributed by atoms with E-state index in [0.717, 1.165) is 40.0 Å². The lowest BCUT2D eigenvalue weighted by atomic mass is 10.1. The highest BCUT2D eigenvalue weighted by atomic mass is 79.9. The van der Waals surface area contributed by atoms with Crippen LogP contribution in [0, 0.1) is 0 Å². The molecular formula is C19H18BrN5O. The lowest BCUT2D eigenvalue weighted by Gasteiger charge is -2.27. The van der Waals surface area contributed by atoms with E-state index in [1.165, 1.54) is 0 Å². The smallest absolute Gasteiger partial charge is 0.255 e. The van der Waals surface area contributed by atoms with E-state index in [1.807, 2.05) is 36.4 Å². The number of H-pyrrole nitrogens is 1. The van der Waals surface area contributed by atoms with Crippen LogP contribution in [0.3, 0.4) is 0 Å². The molecule has 3 heterocycles. The molecule has 3 N–H and O–H groups in total. The third-order valence-corrected chi connectivity index (χ3v) is 4.98. The minimum Gasteiger partial charge on any atom is -0.399 e. The van der Waals surface area contributed by atoms with E-state index in [-0.39, 0.29) is 5.56 Å². The Morgan fingerprint density at radius 3 is 2.73 bits per heavy atom. The Kier molecular flexibility index (Phi) is 4.57. The summed E-state index contributed by atoms with van der Waals surface area (Å²) in [4.78, 5) is 26.8. The van der Waals surface area contributed by atoms with Gasteiger partial charge in [0.2, 0.25) is 0 Å². The zero-order chi connectivity index (χ0) is 18.1. The molecule has 0 amide bonds. The van der Waals surface area contributed by atoms with Gasteiger partial charge < -0.3 is 10.7 Å². The lowest BCUT2D eigenvalue weighted by Crippen LogP contribution is -2.35. The van der Waals surface area contributed by atoms with E-state index in [9.17, 15) is 4.79 Å². The van der Waals surface area contributed by atoms with Crippen LogP contribution in [0.15, 0.2) is 51.9 Å². The van der Waals surface area contributed by atoms with Gasteiger partial charge in [0.15, 0.2) is 0 Å². The Balaban J connectivity index is 1.57. The first-order valence-corrected chi connectivity index (χ1v) is 9.18. The van der Waals surface area contributed by atoms with E-state index in [1.54, 1.807) is 6.20 Å². The van der Waals surface area contributed by atoms with Gasteiger partial charge in [0.05, 0.1) is 17.0 Å². The number of halogens is 1. The fourth-order valence-electron chi connectivity index (χ4n) is 3.12. The number of hydrogen-bond acceptors (Lipinski definition) is 5. The summed E-state index contributed by atoms with van der Waals surface area (Å²) in [6, 6.07) is 11.3. The number of rotatable bonds is 3. The molecule has 7 heteroatoms. The maximum absolute atomic E-state index is 12.6. The van der Waals surface area contributed by atoms with Crippen LogP contribution < -0.4 is 11.3 Å². The molecule has 0 fully saturated rings. The van der Waals surface area contributed by atoms with Crippen LogP contribution in [-0.2, 0) is 19.5 Å². The van der Waals surface area contributed by atoms with Crippen LogP contribution in [0.1, 0.15) is 17.0 Å². The molecule has 26 heavy (non-hydrogen) atoms. The van der Waals surface area contributed by atoms with Gasteiger partial charge in [0.25, 0.3) is 5.56 Å². The first kappa shape index (κ1) is 16.9. The molecule has 1 aromatic carbocycles. The summed E-state index contributed by atoms with van der Waals surface area (Å²) in [6.45, 7) is 2.14. The highest BCUT2D eigenvalue weighted by molar-refractivity contribution is 9.10. The number of hydrogen-bond donors (Lipinski definition) is 2. The number of nitrogens with zero attached hydrogens (tertiary/aromatic N) is 3. The Hall–Kier alpha value is -2.51. The standard InChI is InChI=1S/C19H18BrN5O/c20-13-3-6-15(22-9-13)10-25-8-7-17-16(11-25)19(26)24-18(23-17)12-1-4-14(21)5-2-12/h1-6,9H,7-8,10-11,21H2,(H,23,24,26). The molecule has 4 rings (SSSR count). The van der Waals surface area contributed by atoms with Crippen molar-refractivity contribution in [2.45, 2.75) is 19.5 Å². The molecule has 0 unspecified atom stereocenters. The summed E-state index contributed by atoms with van der Waals surface area (Å²) in [5.41, 5.74) is 9.81. The van der Waals surface area contributed by atoms with Crippen molar-refractivity contribution < 1.29 is 0 Å². The van der Waals surface area contributed by atoms with Crippen molar-refractivity contribution in [2.24, 2.45) is 0 Å². The highest BCUT2D eigenvalue weighted by Crippen LogP contribution is 2.20. The SMILES string of the molecule is Nc1ccc(-c2nc3c(c(=O)[nH]2)CN(Cc2ccc(Br)cn2)CC3)cc1. The number of anilines is 1. The monoisotopic (exact) mass is 411 g/mol. The Labute approximate surface area is 159 Å². The van der Waals surface area contributed by atoms with Crippen molar-refractivity contribution in [3.05, 3.63) is 74.4 Å². The predicted octanol–water partition coefficient (Wildman–Crippen LogP) is 2.73. The second-order valence-corrected chi connectivity index (χ2v) is 7.31. The van der Waals surface area contributed by atoms with Crippen LogP contribution in [0.25, 0.3) is 11.4 Å². The fourth-order valence-corrected chi connectivity index (χ4v) is 3.36.